The van der Waals surface area contributed by atoms with Gasteiger partial charge in [0.05, 0.1) is 6.04 Å². The molecule has 0 fully saturated rings. The zero-order valence-corrected chi connectivity index (χ0v) is 13.7. The molecule has 24 heavy (non-hydrogen) atoms. The Morgan fingerprint density at radius 3 is 2.88 bits per heavy atom. The second-order valence-corrected chi connectivity index (χ2v) is 6.06. The summed E-state index contributed by atoms with van der Waals surface area (Å²) >= 11 is 0. The lowest BCUT2D eigenvalue weighted by Crippen LogP contribution is -2.26. The van der Waals surface area contributed by atoms with E-state index in [0.29, 0.717) is 6.42 Å². The molecule has 0 spiro atoms. The largest absolute Gasteiger partial charge is 0.361 e. The molecule has 3 rings (SSSR count). The molecule has 1 amide bonds. The van der Waals surface area contributed by atoms with Gasteiger partial charge in [-0.25, -0.2) is 4.39 Å². The van der Waals surface area contributed by atoms with E-state index in [1.54, 1.807) is 6.07 Å². The maximum absolute atomic E-state index is 13.2. The maximum Gasteiger partial charge on any atom is 0.220 e. The fraction of sp³-hybridized carbons (Fsp3) is 0.250. The first kappa shape index (κ1) is 16.2. The van der Waals surface area contributed by atoms with E-state index in [0.717, 1.165) is 23.9 Å². The number of carbonyl (C=O) groups is 1. The van der Waals surface area contributed by atoms with E-state index in [4.69, 9.17) is 0 Å². The number of hydrogen-bond donors (Lipinski definition) is 2. The van der Waals surface area contributed by atoms with Crippen LogP contribution in [0.3, 0.4) is 0 Å². The summed E-state index contributed by atoms with van der Waals surface area (Å²) in [6.07, 6.45) is 4.10. The van der Waals surface area contributed by atoms with Crippen molar-refractivity contribution in [3.8, 4) is 0 Å². The summed E-state index contributed by atoms with van der Waals surface area (Å²) in [7, 11) is 0. The fourth-order valence-corrected chi connectivity index (χ4v) is 2.95. The van der Waals surface area contributed by atoms with E-state index >= 15 is 0 Å². The molecule has 2 N–H and O–H groups in total. The van der Waals surface area contributed by atoms with Crippen LogP contribution in [0.2, 0.25) is 0 Å². The summed E-state index contributed by atoms with van der Waals surface area (Å²) in [5.41, 5.74) is 3.13. The number of hydrogen-bond acceptors (Lipinski definition) is 1. The molecule has 1 atom stereocenters. The van der Waals surface area contributed by atoms with Crippen LogP contribution in [0.15, 0.2) is 54.7 Å². The molecule has 2 aromatic carbocycles. The van der Waals surface area contributed by atoms with Crippen molar-refractivity contribution < 1.29 is 9.18 Å². The molecule has 1 heterocycles. The van der Waals surface area contributed by atoms with Crippen LogP contribution in [-0.4, -0.2) is 10.9 Å². The van der Waals surface area contributed by atoms with Gasteiger partial charge in [0.25, 0.3) is 0 Å². The molecule has 0 saturated heterocycles. The molecule has 3 aromatic rings. The Hall–Kier alpha value is -2.62. The fourth-order valence-electron chi connectivity index (χ4n) is 2.95. The Kier molecular flexibility index (Phi) is 4.94. The molecular formula is C20H21FN2O. The van der Waals surface area contributed by atoms with Gasteiger partial charge in [0.2, 0.25) is 5.91 Å². The number of carbonyl (C=O) groups excluding carboxylic acids is 1. The molecule has 3 nitrogen and oxygen atoms in total. The van der Waals surface area contributed by atoms with Crippen LogP contribution in [0.4, 0.5) is 4.39 Å². The second kappa shape index (κ2) is 7.30. The Balaban J connectivity index is 1.50. The third-order valence-corrected chi connectivity index (χ3v) is 4.25. The van der Waals surface area contributed by atoms with Gasteiger partial charge in [-0.05, 0) is 49.1 Å². The van der Waals surface area contributed by atoms with Gasteiger partial charge in [0, 0.05) is 23.5 Å². The lowest BCUT2D eigenvalue weighted by molar-refractivity contribution is -0.121. The van der Waals surface area contributed by atoms with Crippen LogP contribution in [0.5, 0.6) is 0 Å². The van der Waals surface area contributed by atoms with E-state index in [9.17, 15) is 9.18 Å². The number of amides is 1. The summed E-state index contributed by atoms with van der Waals surface area (Å²) < 4.78 is 13.2. The van der Waals surface area contributed by atoms with Crippen molar-refractivity contribution in [3.63, 3.8) is 0 Å². The maximum atomic E-state index is 13.2. The number of rotatable bonds is 6. The quantitative estimate of drug-likeness (QED) is 0.688. The normalized spacial score (nSPS) is 12.2. The van der Waals surface area contributed by atoms with E-state index in [-0.39, 0.29) is 17.8 Å². The molecule has 1 aromatic heterocycles. The van der Waals surface area contributed by atoms with Gasteiger partial charge < -0.3 is 10.3 Å². The summed E-state index contributed by atoms with van der Waals surface area (Å²) in [6, 6.07) is 14.3. The molecule has 0 radical (unpaired) electrons. The minimum atomic E-state index is -0.284. The molecule has 0 aliphatic heterocycles. The topological polar surface area (TPSA) is 44.9 Å². The molecule has 124 valence electrons. The number of aromatic nitrogens is 1. The van der Waals surface area contributed by atoms with Crippen molar-refractivity contribution in [1.29, 1.82) is 0 Å². The number of aryl methyl sites for hydroxylation is 1. The Labute approximate surface area is 140 Å². The first-order valence-electron chi connectivity index (χ1n) is 8.23. The van der Waals surface area contributed by atoms with Gasteiger partial charge in [0.1, 0.15) is 5.82 Å². The highest BCUT2D eigenvalue weighted by molar-refractivity contribution is 5.83. The van der Waals surface area contributed by atoms with Gasteiger partial charge in [-0.1, -0.05) is 30.3 Å². The first-order chi connectivity index (χ1) is 11.6. The number of H-pyrrole nitrogens is 1. The predicted octanol–water partition coefficient (Wildman–Crippen LogP) is 4.51. The SMILES string of the molecule is C[C@@H](NC(=O)CCCc1c[nH]c2ccccc12)c1cccc(F)c1. The molecule has 0 unspecified atom stereocenters. The van der Waals surface area contributed by atoms with Crippen LogP contribution >= 0.6 is 0 Å². The lowest BCUT2D eigenvalue weighted by Gasteiger charge is -2.14. The molecule has 0 aliphatic carbocycles. The minimum absolute atomic E-state index is 0.00778. The highest BCUT2D eigenvalue weighted by Crippen LogP contribution is 2.19. The highest BCUT2D eigenvalue weighted by atomic mass is 19.1. The Morgan fingerprint density at radius 2 is 2.04 bits per heavy atom. The van der Waals surface area contributed by atoms with Crippen LogP contribution in [0.25, 0.3) is 10.9 Å². The molecule has 4 heteroatoms. The summed E-state index contributed by atoms with van der Waals surface area (Å²) in [5.74, 6) is -0.292. The van der Waals surface area contributed by atoms with Gasteiger partial charge in [0.15, 0.2) is 0 Å². The van der Waals surface area contributed by atoms with E-state index in [2.05, 4.69) is 16.4 Å². The second-order valence-electron chi connectivity index (χ2n) is 6.06. The molecule has 0 aliphatic rings. The molecule has 0 saturated carbocycles. The number of para-hydroxylation sites is 1. The average molecular weight is 324 g/mol. The van der Waals surface area contributed by atoms with Gasteiger partial charge in [-0.3, -0.25) is 4.79 Å². The number of fused-ring (bicyclic) bond motifs is 1. The third kappa shape index (κ3) is 3.82. The number of nitrogens with one attached hydrogen (secondary N) is 2. The standard InChI is InChI=1S/C20H21FN2O/c1-14(15-6-4-8-17(21)12-15)23-20(24)11-5-7-16-13-22-19-10-3-2-9-18(16)19/h2-4,6,8-10,12-14,22H,5,7,11H2,1H3,(H,23,24)/t14-/m1/s1. The van der Waals surface area contributed by atoms with Crippen molar-refractivity contribution in [2.75, 3.05) is 0 Å². The van der Waals surface area contributed by atoms with Crippen LogP contribution in [0, 0.1) is 5.82 Å². The summed E-state index contributed by atoms with van der Waals surface area (Å²) in [4.78, 5) is 15.3. The first-order valence-corrected chi connectivity index (χ1v) is 8.23. The summed E-state index contributed by atoms with van der Waals surface area (Å²) in [5, 5.41) is 4.14. The van der Waals surface area contributed by atoms with Crippen LogP contribution in [0.1, 0.15) is 36.9 Å². The Morgan fingerprint density at radius 1 is 1.21 bits per heavy atom. The molecule has 0 bridgehead atoms. The average Bonchev–Trinajstić information content (AvgIpc) is 2.98. The summed E-state index contributed by atoms with van der Waals surface area (Å²) in [6.45, 7) is 1.87. The van der Waals surface area contributed by atoms with Gasteiger partial charge in [-0.15, -0.1) is 0 Å². The lowest BCUT2D eigenvalue weighted by atomic mass is 10.1. The minimum Gasteiger partial charge on any atom is -0.361 e. The molecular weight excluding hydrogens is 303 g/mol. The third-order valence-electron chi connectivity index (χ3n) is 4.25. The van der Waals surface area contributed by atoms with Crippen LogP contribution < -0.4 is 5.32 Å². The van der Waals surface area contributed by atoms with Crippen molar-refractivity contribution in [3.05, 3.63) is 71.7 Å². The van der Waals surface area contributed by atoms with E-state index in [1.165, 1.54) is 23.1 Å². The zero-order chi connectivity index (χ0) is 16.9. The van der Waals surface area contributed by atoms with Crippen molar-refractivity contribution in [2.45, 2.75) is 32.2 Å². The highest BCUT2D eigenvalue weighted by Gasteiger charge is 2.10. The van der Waals surface area contributed by atoms with Crippen molar-refractivity contribution in [1.82, 2.24) is 10.3 Å². The van der Waals surface area contributed by atoms with Gasteiger partial charge >= 0.3 is 0 Å². The predicted molar refractivity (Wildman–Crippen MR) is 94.2 cm³/mol. The number of benzene rings is 2. The number of aromatic amines is 1. The zero-order valence-electron chi connectivity index (χ0n) is 13.7. The van der Waals surface area contributed by atoms with Gasteiger partial charge in [-0.2, -0.15) is 0 Å². The van der Waals surface area contributed by atoms with Crippen molar-refractivity contribution in [2.24, 2.45) is 0 Å². The van der Waals surface area contributed by atoms with Crippen LogP contribution in [-0.2, 0) is 11.2 Å². The Bertz CT molecular complexity index is 840. The van der Waals surface area contributed by atoms with E-state index in [1.807, 2.05) is 37.4 Å². The van der Waals surface area contributed by atoms with Crippen molar-refractivity contribution >= 4 is 16.8 Å². The smallest absolute Gasteiger partial charge is 0.220 e. The monoisotopic (exact) mass is 324 g/mol. The van der Waals surface area contributed by atoms with E-state index < -0.39 is 0 Å². The number of halogens is 1.